The van der Waals surface area contributed by atoms with Crippen LogP contribution in [0.25, 0.3) is 0 Å². The average Bonchev–Trinajstić information content (AvgIpc) is 2.36. The molecule has 0 saturated carbocycles. The molecule has 3 unspecified atom stereocenters. The number of ether oxygens (including phenoxy) is 1. The lowest BCUT2D eigenvalue weighted by Crippen LogP contribution is -2.45. The van der Waals surface area contributed by atoms with Gasteiger partial charge in [0.2, 0.25) is 5.91 Å². The van der Waals surface area contributed by atoms with Gasteiger partial charge in [0.1, 0.15) is 6.04 Å². The third kappa shape index (κ3) is 3.43. The fraction of sp³-hybridized carbons (Fsp3) is 0.833. The van der Waals surface area contributed by atoms with Gasteiger partial charge in [-0.25, -0.2) is 4.79 Å². The maximum Gasteiger partial charge on any atom is 0.326 e. The van der Waals surface area contributed by atoms with Gasteiger partial charge < -0.3 is 14.7 Å². The highest BCUT2D eigenvalue weighted by Gasteiger charge is 2.32. The van der Waals surface area contributed by atoms with Crippen LogP contribution in [0.15, 0.2) is 0 Å². The van der Waals surface area contributed by atoms with E-state index in [2.05, 4.69) is 0 Å². The lowest BCUT2D eigenvalue weighted by molar-refractivity contribution is -0.152. The van der Waals surface area contributed by atoms with Gasteiger partial charge in [-0.05, 0) is 26.2 Å². The van der Waals surface area contributed by atoms with Crippen LogP contribution in [0.4, 0.5) is 0 Å². The molecule has 1 fully saturated rings. The van der Waals surface area contributed by atoms with E-state index < -0.39 is 12.0 Å². The van der Waals surface area contributed by atoms with Crippen LogP contribution in [-0.2, 0) is 14.3 Å². The maximum atomic E-state index is 12.1. The van der Waals surface area contributed by atoms with Crippen molar-refractivity contribution in [3.8, 4) is 0 Å². The number of likely N-dealkylation sites (N-methyl/N-ethyl adjacent to an activating group) is 1. The number of carboxylic acid groups (broad SMARTS) is 1. The van der Waals surface area contributed by atoms with Gasteiger partial charge in [0, 0.05) is 19.6 Å². The normalized spacial score (nSPS) is 26.3. The number of carbonyl (C=O) groups excluding carboxylic acids is 1. The molecule has 1 rings (SSSR count). The number of aliphatic carboxylic acids is 1. The SMILES string of the molecule is CCC1CC(C(=O)N(C)C(C)C(=O)O)CCO1. The van der Waals surface area contributed by atoms with Gasteiger partial charge in [-0.3, -0.25) is 4.79 Å². The van der Waals surface area contributed by atoms with Crippen molar-refractivity contribution in [1.29, 1.82) is 0 Å². The highest BCUT2D eigenvalue weighted by molar-refractivity contribution is 5.84. The predicted octanol–water partition coefficient (Wildman–Crippen LogP) is 1.12. The van der Waals surface area contributed by atoms with Crippen LogP contribution in [0.5, 0.6) is 0 Å². The van der Waals surface area contributed by atoms with Crippen molar-refractivity contribution in [3.05, 3.63) is 0 Å². The molecule has 1 N–H and O–H groups in total. The quantitative estimate of drug-likeness (QED) is 0.803. The Morgan fingerprint density at radius 3 is 2.71 bits per heavy atom. The summed E-state index contributed by atoms with van der Waals surface area (Å²) >= 11 is 0. The second-order valence-electron chi connectivity index (χ2n) is 4.59. The molecule has 5 nitrogen and oxygen atoms in total. The van der Waals surface area contributed by atoms with Crippen molar-refractivity contribution in [2.24, 2.45) is 5.92 Å². The first-order valence-electron chi connectivity index (χ1n) is 6.08. The van der Waals surface area contributed by atoms with Gasteiger partial charge in [-0.2, -0.15) is 0 Å². The molecule has 0 aromatic heterocycles. The molecule has 1 aliphatic heterocycles. The highest BCUT2D eigenvalue weighted by Crippen LogP contribution is 2.24. The molecule has 17 heavy (non-hydrogen) atoms. The Morgan fingerprint density at radius 1 is 1.53 bits per heavy atom. The summed E-state index contributed by atoms with van der Waals surface area (Å²) in [6.45, 7) is 4.14. The van der Waals surface area contributed by atoms with Crippen molar-refractivity contribution in [2.75, 3.05) is 13.7 Å². The van der Waals surface area contributed by atoms with E-state index in [-0.39, 0.29) is 17.9 Å². The van der Waals surface area contributed by atoms with Crippen LogP contribution in [0.2, 0.25) is 0 Å². The molecule has 0 bridgehead atoms. The zero-order chi connectivity index (χ0) is 13.0. The molecule has 0 aliphatic carbocycles. The Bertz CT molecular complexity index is 292. The predicted molar refractivity (Wildman–Crippen MR) is 62.6 cm³/mol. The summed E-state index contributed by atoms with van der Waals surface area (Å²) in [5.41, 5.74) is 0. The lowest BCUT2D eigenvalue weighted by Gasteiger charge is -2.32. The van der Waals surface area contributed by atoms with E-state index in [1.54, 1.807) is 7.05 Å². The minimum Gasteiger partial charge on any atom is -0.480 e. The van der Waals surface area contributed by atoms with Crippen LogP contribution in [0.3, 0.4) is 0 Å². The number of amides is 1. The fourth-order valence-electron chi connectivity index (χ4n) is 2.03. The first-order valence-corrected chi connectivity index (χ1v) is 6.08. The van der Waals surface area contributed by atoms with Crippen molar-refractivity contribution >= 4 is 11.9 Å². The monoisotopic (exact) mass is 243 g/mol. The number of carboxylic acids is 1. The number of rotatable bonds is 4. The Balaban J connectivity index is 2.59. The summed E-state index contributed by atoms with van der Waals surface area (Å²) in [7, 11) is 1.55. The van der Waals surface area contributed by atoms with Gasteiger partial charge in [0.25, 0.3) is 0 Å². The second kappa shape index (κ2) is 6.00. The Hall–Kier alpha value is -1.10. The fourth-order valence-corrected chi connectivity index (χ4v) is 2.03. The summed E-state index contributed by atoms with van der Waals surface area (Å²) in [4.78, 5) is 24.3. The third-order valence-electron chi connectivity index (χ3n) is 3.46. The van der Waals surface area contributed by atoms with Crippen LogP contribution in [0, 0.1) is 5.92 Å². The molecule has 1 saturated heterocycles. The van der Waals surface area contributed by atoms with Crippen LogP contribution < -0.4 is 0 Å². The maximum absolute atomic E-state index is 12.1. The van der Waals surface area contributed by atoms with Crippen molar-refractivity contribution < 1.29 is 19.4 Å². The van der Waals surface area contributed by atoms with E-state index in [1.165, 1.54) is 11.8 Å². The molecule has 0 aromatic carbocycles. The Labute approximate surface area is 102 Å². The molecule has 0 spiro atoms. The first-order chi connectivity index (χ1) is 7.97. The standard InChI is InChI=1S/C12H21NO4/c1-4-10-7-9(5-6-17-10)11(14)13(3)8(2)12(15)16/h8-10H,4-7H2,1-3H3,(H,15,16). The van der Waals surface area contributed by atoms with E-state index in [9.17, 15) is 9.59 Å². The molecule has 0 radical (unpaired) electrons. The summed E-state index contributed by atoms with van der Waals surface area (Å²) in [6, 6.07) is -0.773. The zero-order valence-electron chi connectivity index (χ0n) is 10.7. The molecular weight excluding hydrogens is 222 g/mol. The summed E-state index contributed by atoms with van der Waals surface area (Å²) in [5.74, 6) is -1.15. The molecule has 0 aromatic rings. The summed E-state index contributed by atoms with van der Waals surface area (Å²) in [5, 5.41) is 8.88. The van der Waals surface area contributed by atoms with Gasteiger partial charge >= 0.3 is 5.97 Å². The molecule has 1 heterocycles. The van der Waals surface area contributed by atoms with Gasteiger partial charge in [-0.1, -0.05) is 6.92 Å². The van der Waals surface area contributed by atoms with Crippen molar-refractivity contribution in [3.63, 3.8) is 0 Å². The van der Waals surface area contributed by atoms with Gasteiger partial charge in [0.15, 0.2) is 0 Å². The summed E-state index contributed by atoms with van der Waals surface area (Å²) in [6.07, 6.45) is 2.41. The molecule has 1 aliphatic rings. The number of hydrogen-bond donors (Lipinski definition) is 1. The second-order valence-corrected chi connectivity index (χ2v) is 4.59. The van der Waals surface area contributed by atoms with Gasteiger partial charge in [-0.15, -0.1) is 0 Å². The summed E-state index contributed by atoms with van der Waals surface area (Å²) < 4.78 is 5.51. The molecule has 5 heteroatoms. The molecular formula is C12H21NO4. The largest absolute Gasteiger partial charge is 0.480 e. The molecule has 98 valence electrons. The third-order valence-corrected chi connectivity index (χ3v) is 3.46. The van der Waals surface area contributed by atoms with E-state index in [0.717, 1.165) is 6.42 Å². The Kier molecular flexibility index (Phi) is 4.93. The van der Waals surface area contributed by atoms with Crippen LogP contribution >= 0.6 is 0 Å². The Morgan fingerprint density at radius 2 is 2.18 bits per heavy atom. The van der Waals surface area contributed by atoms with Crippen molar-refractivity contribution in [2.45, 2.75) is 45.3 Å². The first kappa shape index (κ1) is 14.0. The topological polar surface area (TPSA) is 66.8 Å². The smallest absolute Gasteiger partial charge is 0.326 e. The van der Waals surface area contributed by atoms with Crippen molar-refractivity contribution in [1.82, 2.24) is 4.90 Å². The molecule has 1 amide bonds. The number of nitrogens with zero attached hydrogens (tertiary/aromatic N) is 1. The zero-order valence-corrected chi connectivity index (χ0v) is 10.7. The van der Waals surface area contributed by atoms with E-state index in [4.69, 9.17) is 9.84 Å². The lowest BCUT2D eigenvalue weighted by atomic mass is 9.93. The van der Waals surface area contributed by atoms with E-state index in [1.807, 2.05) is 6.92 Å². The van der Waals surface area contributed by atoms with Crippen LogP contribution in [0.1, 0.15) is 33.1 Å². The van der Waals surface area contributed by atoms with Gasteiger partial charge in [0.05, 0.1) is 6.10 Å². The molecule has 3 atom stereocenters. The van der Waals surface area contributed by atoms with Crippen LogP contribution in [-0.4, -0.2) is 47.7 Å². The highest BCUT2D eigenvalue weighted by atomic mass is 16.5. The van der Waals surface area contributed by atoms with E-state index in [0.29, 0.717) is 19.4 Å². The minimum absolute atomic E-state index is 0.0818. The minimum atomic E-state index is -0.972. The number of hydrogen-bond acceptors (Lipinski definition) is 3. The van der Waals surface area contributed by atoms with E-state index >= 15 is 0 Å². The number of carbonyl (C=O) groups is 2. The average molecular weight is 243 g/mol.